The van der Waals surface area contributed by atoms with E-state index in [4.69, 9.17) is 4.74 Å². The Morgan fingerprint density at radius 1 is 1.38 bits per heavy atom. The lowest BCUT2D eigenvalue weighted by Gasteiger charge is -2.02. The van der Waals surface area contributed by atoms with Crippen molar-refractivity contribution in [1.29, 1.82) is 0 Å². The fraction of sp³-hybridized carbons (Fsp3) is 0.357. The van der Waals surface area contributed by atoms with Gasteiger partial charge in [0.1, 0.15) is 5.75 Å². The van der Waals surface area contributed by atoms with Gasteiger partial charge in [-0.2, -0.15) is 0 Å². The van der Waals surface area contributed by atoms with Gasteiger partial charge < -0.3 is 10.1 Å². The number of fused-ring (bicyclic) bond motifs is 1. The molecule has 1 saturated carbocycles. The molecule has 1 fully saturated rings. The van der Waals surface area contributed by atoms with E-state index in [9.17, 15) is 0 Å². The van der Waals surface area contributed by atoms with E-state index < -0.39 is 0 Å². The highest BCUT2D eigenvalue weighted by atomic mass is 32.1. The first-order valence-electron chi connectivity index (χ1n) is 6.91. The summed E-state index contributed by atoms with van der Waals surface area (Å²) < 4.78 is 7.08. The molecule has 3 aromatic rings. The smallest absolute Gasteiger partial charge is 0.214 e. The van der Waals surface area contributed by atoms with Crippen LogP contribution >= 0.6 is 11.3 Å². The average molecular weight is 301 g/mol. The minimum Gasteiger partial charge on any atom is -0.495 e. The number of anilines is 1. The molecule has 3 heterocycles. The van der Waals surface area contributed by atoms with Crippen molar-refractivity contribution >= 4 is 21.4 Å². The number of imidazole rings is 1. The minimum atomic E-state index is 0.727. The number of rotatable bonds is 5. The van der Waals surface area contributed by atoms with E-state index in [1.165, 1.54) is 12.8 Å². The molecule has 0 spiro atoms. The Morgan fingerprint density at radius 3 is 3.10 bits per heavy atom. The van der Waals surface area contributed by atoms with Crippen molar-refractivity contribution in [3.63, 3.8) is 0 Å². The van der Waals surface area contributed by atoms with Crippen LogP contribution in [0.4, 0.5) is 5.13 Å². The molecular formula is C14H15N5OS. The molecule has 0 radical (unpaired) electrons. The van der Waals surface area contributed by atoms with Crippen molar-refractivity contribution in [2.75, 3.05) is 19.0 Å². The molecule has 0 unspecified atom stereocenters. The first-order chi connectivity index (χ1) is 10.3. The van der Waals surface area contributed by atoms with Gasteiger partial charge in [-0.25, -0.2) is 9.50 Å². The van der Waals surface area contributed by atoms with Crippen LogP contribution in [0.25, 0.3) is 16.2 Å². The van der Waals surface area contributed by atoms with E-state index in [0.717, 1.165) is 39.6 Å². The number of nitrogens with zero attached hydrogens (tertiary/aromatic N) is 4. The maximum atomic E-state index is 5.22. The second-order valence-electron chi connectivity index (χ2n) is 5.18. The van der Waals surface area contributed by atoms with Crippen molar-refractivity contribution in [3.05, 3.63) is 24.7 Å². The first kappa shape index (κ1) is 12.6. The van der Waals surface area contributed by atoms with Crippen molar-refractivity contribution < 1.29 is 4.74 Å². The first-order valence-corrected chi connectivity index (χ1v) is 7.73. The minimum absolute atomic E-state index is 0.727. The van der Waals surface area contributed by atoms with Crippen LogP contribution in [0.2, 0.25) is 0 Å². The van der Waals surface area contributed by atoms with Gasteiger partial charge in [0, 0.05) is 18.3 Å². The summed E-state index contributed by atoms with van der Waals surface area (Å²) in [5.74, 6) is 1.55. The van der Waals surface area contributed by atoms with Gasteiger partial charge in [-0.15, -0.1) is 5.10 Å². The van der Waals surface area contributed by atoms with Crippen LogP contribution in [-0.4, -0.2) is 33.2 Å². The van der Waals surface area contributed by atoms with Gasteiger partial charge in [0.15, 0.2) is 0 Å². The Labute approximate surface area is 125 Å². The van der Waals surface area contributed by atoms with Crippen LogP contribution in [0.3, 0.4) is 0 Å². The molecule has 21 heavy (non-hydrogen) atoms. The van der Waals surface area contributed by atoms with Gasteiger partial charge in [-0.3, -0.25) is 4.98 Å². The molecule has 0 aromatic carbocycles. The number of aromatic nitrogens is 4. The summed E-state index contributed by atoms with van der Waals surface area (Å²) in [5, 5.41) is 8.91. The second kappa shape index (κ2) is 5.00. The van der Waals surface area contributed by atoms with E-state index in [-0.39, 0.29) is 0 Å². The summed E-state index contributed by atoms with van der Waals surface area (Å²) in [6.07, 6.45) is 7.96. The third-order valence-electron chi connectivity index (χ3n) is 3.57. The zero-order valence-electron chi connectivity index (χ0n) is 11.6. The van der Waals surface area contributed by atoms with Gasteiger partial charge >= 0.3 is 0 Å². The molecule has 0 aliphatic heterocycles. The number of nitrogens with one attached hydrogen (secondary N) is 1. The topological polar surface area (TPSA) is 64.3 Å². The van der Waals surface area contributed by atoms with Crippen molar-refractivity contribution in [2.24, 2.45) is 5.92 Å². The lowest BCUT2D eigenvalue weighted by Crippen LogP contribution is -2.03. The molecule has 1 aliphatic carbocycles. The highest BCUT2D eigenvalue weighted by Crippen LogP contribution is 2.31. The maximum absolute atomic E-state index is 5.22. The maximum Gasteiger partial charge on any atom is 0.214 e. The standard InChI is InChI=1S/C14H15N5OS/c1-20-11-4-10(6-15-7-11)12-8-17-14-19(12)18-13(21-14)16-5-9-2-3-9/h4,6-9H,2-3,5H2,1H3,(H,16,18). The van der Waals surface area contributed by atoms with Crippen LogP contribution in [0.5, 0.6) is 5.75 Å². The van der Waals surface area contributed by atoms with E-state index in [0.29, 0.717) is 0 Å². The normalized spacial score (nSPS) is 14.5. The third kappa shape index (κ3) is 2.44. The van der Waals surface area contributed by atoms with E-state index in [1.54, 1.807) is 30.8 Å². The molecule has 4 rings (SSSR count). The highest BCUT2D eigenvalue weighted by molar-refractivity contribution is 7.20. The van der Waals surface area contributed by atoms with Crippen molar-refractivity contribution in [2.45, 2.75) is 12.8 Å². The lowest BCUT2D eigenvalue weighted by atomic mass is 10.2. The Bertz CT molecular complexity index is 777. The molecule has 1 aliphatic rings. The van der Waals surface area contributed by atoms with Gasteiger partial charge in [0.25, 0.3) is 0 Å². The van der Waals surface area contributed by atoms with Gasteiger partial charge in [-0.05, 0) is 24.8 Å². The van der Waals surface area contributed by atoms with Crippen LogP contribution in [0, 0.1) is 5.92 Å². The van der Waals surface area contributed by atoms with Crippen LogP contribution in [-0.2, 0) is 0 Å². The summed E-state index contributed by atoms with van der Waals surface area (Å²) in [4.78, 5) is 9.49. The third-order valence-corrected chi connectivity index (χ3v) is 4.45. The zero-order valence-corrected chi connectivity index (χ0v) is 12.4. The summed E-state index contributed by atoms with van der Waals surface area (Å²) in [5.41, 5.74) is 1.87. The fourth-order valence-electron chi connectivity index (χ4n) is 2.19. The monoisotopic (exact) mass is 301 g/mol. The second-order valence-corrected chi connectivity index (χ2v) is 6.14. The molecule has 108 valence electrons. The zero-order chi connectivity index (χ0) is 14.2. The van der Waals surface area contributed by atoms with E-state index in [1.807, 2.05) is 16.8 Å². The molecule has 0 saturated heterocycles. The number of hydrogen-bond acceptors (Lipinski definition) is 6. The number of ether oxygens (including phenoxy) is 1. The molecule has 6 nitrogen and oxygen atoms in total. The van der Waals surface area contributed by atoms with Crippen LogP contribution in [0.15, 0.2) is 24.7 Å². The van der Waals surface area contributed by atoms with E-state index in [2.05, 4.69) is 20.4 Å². The summed E-state index contributed by atoms with van der Waals surface area (Å²) in [6, 6.07) is 1.94. The Hall–Kier alpha value is -2.15. The van der Waals surface area contributed by atoms with Crippen LogP contribution < -0.4 is 10.1 Å². The SMILES string of the molecule is COc1cncc(-c2cnc3sc(NCC4CC4)nn23)c1. The van der Waals surface area contributed by atoms with Crippen molar-refractivity contribution in [3.8, 4) is 17.0 Å². The van der Waals surface area contributed by atoms with Crippen molar-refractivity contribution in [1.82, 2.24) is 19.6 Å². The van der Waals surface area contributed by atoms with Gasteiger partial charge in [-0.1, -0.05) is 11.3 Å². The highest BCUT2D eigenvalue weighted by Gasteiger charge is 2.21. The van der Waals surface area contributed by atoms with Crippen LogP contribution in [0.1, 0.15) is 12.8 Å². The predicted octanol–water partition coefficient (Wildman–Crippen LogP) is 2.68. The number of methoxy groups -OCH3 is 1. The lowest BCUT2D eigenvalue weighted by molar-refractivity contribution is 0.413. The average Bonchev–Trinajstić information content (AvgIpc) is 3.13. The van der Waals surface area contributed by atoms with Gasteiger partial charge in [0.05, 0.1) is 25.2 Å². The fourth-order valence-corrected chi connectivity index (χ4v) is 2.97. The molecule has 0 atom stereocenters. The summed E-state index contributed by atoms with van der Waals surface area (Å²) >= 11 is 1.57. The summed E-state index contributed by atoms with van der Waals surface area (Å²) in [6.45, 7) is 1.01. The summed E-state index contributed by atoms with van der Waals surface area (Å²) in [7, 11) is 1.63. The Morgan fingerprint density at radius 2 is 2.29 bits per heavy atom. The molecule has 7 heteroatoms. The quantitative estimate of drug-likeness (QED) is 0.785. The molecule has 0 amide bonds. The predicted molar refractivity (Wildman–Crippen MR) is 81.9 cm³/mol. The number of pyridine rings is 1. The Balaban J connectivity index is 1.67. The Kier molecular flexibility index (Phi) is 2.99. The molecular weight excluding hydrogens is 286 g/mol. The largest absolute Gasteiger partial charge is 0.495 e. The van der Waals surface area contributed by atoms with Gasteiger partial charge in [0.2, 0.25) is 10.1 Å². The number of hydrogen-bond donors (Lipinski definition) is 1. The van der Waals surface area contributed by atoms with E-state index >= 15 is 0 Å². The molecule has 1 N–H and O–H groups in total. The molecule has 0 bridgehead atoms. The molecule has 3 aromatic heterocycles.